The zero-order valence-corrected chi connectivity index (χ0v) is 10.1. The quantitative estimate of drug-likeness (QED) is 0.809. The van der Waals surface area contributed by atoms with E-state index in [4.69, 9.17) is 5.73 Å². The molecule has 0 aliphatic heterocycles. The minimum Gasteiger partial charge on any atom is -0.323 e. The molecule has 1 atom stereocenters. The van der Waals surface area contributed by atoms with Gasteiger partial charge in [-0.15, -0.1) is 11.3 Å². The predicted molar refractivity (Wildman–Crippen MR) is 62.7 cm³/mol. The Kier molecular flexibility index (Phi) is 2.44. The maximum absolute atomic E-state index is 6.37. The SMILES string of the molecule is CCC1(C(N)c2sc(C)cc2C)CC1. The van der Waals surface area contributed by atoms with Crippen molar-refractivity contribution in [2.45, 2.75) is 46.1 Å². The van der Waals surface area contributed by atoms with Crippen molar-refractivity contribution in [2.75, 3.05) is 0 Å². The lowest BCUT2D eigenvalue weighted by Gasteiger charge is -2.21. The van der Waals surface area contributed by atoms with E-state index in [-0.39, 0.29) is 6.04 Å². The normalized spacial score (nSPS) is 20.9. The highest BCUT2D eigenvalue weighted by Crippen LogP contribution is 2.57. The van der Waals surface area contributed by atoms with Gasteiger partial charge in [-0.1, -0.05) is 6.92 Å². The molecule has 2 heteroatoms. The first-order valence-corrected chi connectivity index (χ1v) is 6.23. The van der Waals surface area contributed by atoms with E-state index in [2.05, 4.69) is 26.8 Å². The van der Waals surface area contributed by atoms with Crippen LogP contribution in [0.25, 0.3) is 0 Å². The van der Waals surface area contributed by atoms with Crippen molar-refractivity contribution < 1.29 is 0 Å². The number of aryl methyl sites for hydroxylation is 2. The van der Waals surface area contributed by atoms with Gasteiger partial charge in [-0.2, -0.15) is 0 Å². The van der Waals surface area contributed by atoms with Gasteiger partial charge < -0.3 is 5.73 Å². The summed E-state index contributed by atoms with van der Waals surface area (Å²) in [6, 6.07) is 2.54. The van der Waals surface area contributed by atoms with Gasteiger partial charge in [0.25, 0.3) is 0 Å². The molecule has 0 aromatic carbocycles. The molecule has 0 saturated heterocycles. The number of rotatable bonds is 3. The highest BCUT2D eigenvalue weighted by Gasteiger charge is 2.47. The molecule has 1 heterocycles. The topological polar surface area (TPSA) is 26.0 Å². The first-order valence-electron chi connectivity index (χ1n) is 5.41. The van der Waals surface area contributed by atoms with Crippen LogP contribution in [-0.2, 0) is 0 Å². The average Bonchev–Trinajstić information content (AvgIpc) is 2.87. The predicted octanol–water partition coefficient (Wildman–Crippen LogP) is 3.55. The molecule has 1 aliphatic rings. The van der Waals surface area contributed by atoms with E-state index in [1.807, 2.05) is 11.3 Å². The number of hydrogen-bond acceptors (Lipinski definition) is 2. The van der Waals surface area contributed by atoms with Gasteiger partial charge in [-0.3, -0.25) is 0 Å². The Bertz CT molecular complexity index is 336. The first-order chi connectivity index (χ1) is 6.59. The van der Waals surface area contributed by atoms with Crippen LogP contribution in [0.3, 0.4) is 0 Å². The average molecular weight is 209 g/mol. The van der Waals surface area contributed by atoms with E-state index in [1.54, 1.807) is 0 Å². The Morgan fingerprint density at radius 3 is 2.50 bits per heavy atom. The van der Waals surface area contributed by atoms with Crippen LogP contribution in [0.15, 0.2) is 6.07 Å². The molecule has 0 radical (unpaired) electrons. The summed E-state index contributed by atoms with van der Waals surface area (Å²) in [7, 11) is 0. The molecule has 1 aromatic rings. The van der Waals surface area contributed by atoms with Crippen molar-refractivity contribution in [2.24, 2.45) is 11.1 Å². The minimum absolute atomic E-state index is 0.284. The second-order valence-electron chi connectivity index (χ2n) is 4.60. The molecule has 2 N–H and O–H groups in total. The summed E-state index contributed by atoms with van der Waals surface area (Å²) < 4.78 is 0. The van der Waals surface area contributed by atoms with Crippen molar-refractivity contribution in [1.29, 1.82) is 0 Å². The fourth-order valence-corrected chi connectivity index (χ4v) is 3.47. The second-order valence-corrected chi connectivity index (χ2v) is 5.89. The molecule has 1 aromatic heterocycles. The molecule has 1 aliphatic carbocycles. The van der Waals surface area contributed by atoms with E-state index < -0.39 is 0 Å². The number of nitrogens with two attached hydrogens (primary N) is 1. The van der Waals surface area contributed by atoms with E-state index >= 15 is 0 Å². The van der Waals surface area contributed by atoms with Gasteiger partial charge in [-0.05, 0) is 50.2 Å². The third-order valence-electron chi connectivity index (χ3n) is 3.62. The maximum Gasteiger partial charge on any atom is 0.0449 e. The van der Waals surface area contributed by atoms with E-state index in [9.17, 15) is 0 Å². The lowest BCUT2D eigenvalue weighted by molar-refractivity contribution is 0.398. The molecule has 78 valence electrons. The number of hydrogen-bond donors (Lipinski definition) is 1. The fourth-order valence-electron chi connectivity index (χ4n) is 2.29. The molecule has 2 rings (SSSR count). The molecular formula is C12H19NS. The molecule has 1 nitrogen and oxygen atoms in total. The Hall–Kier alpha value is -0.340. The molecule has 0 amide bonds. The first kappa shape index (κ1) is 10.2. The van der Waals surface area contributed by atoms with Crippen LogP contribution in [0.4, 0.5) is 0 Å². The largest absolute Gasteiger partial charge is 0.323 e. The van der Waals surface area contributed by atoms with Crippen molar-refractivity contribution >= 4 is 11.3 Å². The third-order valence-corrected chi connectivity index (χ3v) is 4.85. The Morgan fingerprint density at radius 2 is 2.14 bits per heavy atom. The Labute approximate surface area is 90.3 Å². The van der Waals surface area contributed by atoms with Crippen LogP contribution >= 0.6 is 11.3 Å². The van der Waals surface area contributed by atoms with E-state index in [1.165, 1.54) is 34.6 Å². The van der Waals surface area contributed by atoms with E-state index in [0.717, 1.165) is 0 Å². The fraction of sp³-hybridized carbons (Fsp3) is 0.667. The zero-order valence-electron chi connectivity index (χ0n) is 9.26. The van der Waals surface area contributed by atoms with Gasteiger partial charge in [0, 0.05) is 15.8 Å². The maximum atomic E-state index is 6.37. The van der Waals surface area contributed by atoms with Crippen molar-refractivity contribution in [1.82, 2.24) is 0 Å². The Morgan fingerprint density at radius 1 is 1.50 bits per heavy atom. The second kappa shape index (κ2) is 3.35. The smallest absolute Gasteiger partial charge is 0.0449 e. The standard InChI is InChI=1S/C12H19NS/c1-4-12(5-6-12)11(13)10-8(2)7-9(3)14-10/h7,11H,4-6,13H2,1-3H3. The summed E-state index contributed by atoms with van der Waals surface area (Å²) in [6.07, 6.45) is 3.87. The third kappa shape index (κ3) is 1.51. The van der Waals surface area contributed by atoms with Crippen LogP contribution in [0, 0.1) is 19.3 Å². The minimum atomic E-state index is 0.284. The molecule has 1 fully saturated rings. The van der Waals surface area contributed by atoms with Gasteiger partial charge in [0.1, 0.15) is 0 Å². The molecule has 0 spiro atoms. The lowest BCUT2D eigenvalue weighted by atomic mass is 9.92. The van der Waals surface area contributed by atoms with Gasteiger partial charge in [0.2, 0.25) is 0 Å². The van der Waals surface area contributed by atoms with E-state index in [0.29, 0.717) is 5.41 Å². The molecule has 14 heavy (non-hydrogen) atoms. The van der Waals surface area contributed by atoms with Crippen molar-refractivity contribution in [3.05, 3.63) is 21.4 Å². The summed E-state index contributed by atoms with van der Waals surface area (Å²) in [4.78, 5) is 2.81. The van der Waals surface area contributed by atoms with Gasteiger partial charge in [0.15, 0.2) is 0 Å². The van der Waals surface area contributed by atoms with Gasteiger partial charge in [0.05, 0.1) is 0 Å². The van der Waals surface area contributed by atoms with Crippen LogP contribution in [0.2, 0.25) is 0 Å². The summed E-state index contributed by atoms with van der Waals surface area (Å²) in [5.74, 6) is 0. The summed E-state index contributed by atoms with van der Waals surface area (Å²) in [6.45, 7) is 6.62. The van der Waals surface area contributed by atoms with Crippen LogP contribution < -0.4 is 5.73 Å². The summed E-state index contributed by atoms with van der Waals surface area (Å²) in [5, 5.41) is 0. The van der Waals surface area contributed by atoms with Gasteiger partial charge in [-0.25, -0.2) is 0 Å². The van der Waals surface area contributed by atoms with Crippen LogP contribution in [-0.4, -0.2) is 0 Å². The Balaban J connectivity index is 2.27. The monoisotopic (exact) mass is 209 g/mol. The molecule has 0 bridgehead atoms. The summed E-state index contributed by atoms with van der Waals surface area (Å²) in [5.41, 5.74) is 8.21. The van der Waals surface area contributed by atoms with Gasteiger partial charge >= 0.3 is 0 Å². The summed E-state index contributed by atoms with van der Waals surface area (Å²) >= 11 is 1.88. The number of thiophene rings is 1. The zero-order chi connectivity index (χ0) is 10.3. The van der Waals surface area contributed by atoms with Crippen molar-refractivity contribution in [3.8, 4) is 0 Å². The molecule has 1 saturated carbocycles. The van der Waals surface area contributed by atoms with Crippen LogP contribution in [0.1, 0.15) is 47.5 Å². The van der Waals surface area contributed by atoms with Crippen LogP contribution in [0.5, 0.6) is 0 Å². The highest BCUT2D eigenvalue weighted by atomic mass is 32.1. The lowest BCUT2D eigenvalue weighted by Crippen LogP contribution is -2.21. The molecule has 1 unspecified atom stereocenters. The molecular weight excluding hydrogens is 190 g/mol. The van der Waals surface area contributed by atoms with Crippen molar-refractivity contribution in [3.63, 3.8) is 0 Å². The highest BCUT2D eigenvalue weighted by molar-refractivity contribution is 7.12.